The van der Waals surface area contributed by atoms with Gasteiger partial charge in [-0.1, -0.05) is 35.9 Å². The van der Waals surface area contributed by atoms with Gasteiger partial charge < -0.3 is 5.73 Å². The van der Waals surface area contributed by atoms with E-state index in [0.29, 0.717) is 6.04 Å². The first kappa shape index (κ1) is 12.0. The van der Waals surface area contributed by atoms with Crippen molar-refractivity contribution >= 4 is 0 Å². The highest BCUT2D eigenvalue weighted by molar-refractivity contribution is 5.33. The summed E-state index contributed by atoms with van der Waals surface area (Å²) in [7, 11) is 0. The fraction of sp³-hybridized carbons (Fsp3) is 0.529. The summed E-state index contributed by atoms with van der Waals surface area (Å²) < 4.78 is 0. The number of fused-ring (bicyclic) bond motifs is 1. The van der Waals surface area contributed by atoms with Crippen molar-refractivity contribution in [3.63, 3.8) is 0 Å². The van der Waals surface area contributed by atoms with Gasteiger partial charge in [-0.15, -0.1) is 0 Å². The fourth-order valence-electron chi connectivity index (χ4n) is 3.59. The average Bonchev–Trinajstić information content (AvgIpc) is 2.39. The predicted octanol–water partition coefficient (Wildman–Crippen LogP) is 3.93. The Hall–Kier alpha value is -1.08. The van der Waals surface area contributed by atoms with Crippen LogP contribution >= 0.6 is 0 Å². The lowest BCUT2D eigenvalue weighted by Gasteiger charge is -2.28. The molecule has 0 bridgehead atoms. The van der Waals surface area contributed by atoms with Crippen LogP contribution in [0.2, 0.25) is 0 Å². The minimum absolute atomic E-state index is 0.313. The smallest absolute Gasteiger partial charge is 0.0226 e. The van der Waals surface area contributed by atoms with E-state index in [1.54, 1.807) is 16.7 Å². The van der Waals surface area contributed by atoms with E-state index in [0.717, 1.165) is 5.92 Å². The molecule has 0 heterocycles. The molecule has 0 saturated carbocycles. The Morgan fingerprint density at radius 3 is 2.78 bits per heavy atom. The van der Waals surface area contributed by atoms with Crippen molar-refractivity contribution in [1.29, 1.82) is 0 Å². The molecule has 0 fully saturated rings. The Morgan fingerprint density at radius 2 is 1.89 bits per heavy atom. The SMILES string of the molecule is NC1C=C(CC2CCCc3ccccc32)CCC1. The van der Waals surface area contributed by atoms with Crippen LogP contribution in [-0.4, -0.2) is 6.04 Å². The highest BCUT2D eigenvalue weighted by Crippen LogP contribution is 2.37. The normalized spacial score (nSPS) is 27.5. The van der Waals surface area contributed by atoms with Crippen LogP contribution < -0.4 is 5.73 Å². The molecule has 3 rings (SSSR count). The quantitative estimate of drug-likeness (QED) is 0.780. The second-order valence-corrected chi connectivity index (χ2v) is 5.87. The van der Waals surface area contributed by atoms with Crippen molar-refractivity contribution in [3.8, 4) is 0 Å². The lowest BCUT2D eigenvalue weighted by Crippen LogP contribution is -2.21. The summed E-state index contributed by atoms with van der Waals surface area (Å²) in [6.07, 6.45) is 11.3. The van der Waals surface area contributed by atoms with Crippen molar-refractivity contribution in [3.05, 3.63) is 47.0 Å². The Morgan fingerprint density at radius 1 is 1.06 bits per heavy atom. The van der Waals surface area contributed by atoms with Gasteiger partial charge in [-0.05, 0) is 62.0 Å². The molecule has 0 aromatic heterocycles. The molecule has 1 nitrogen and oxygen atoms in total. The Balaban J connectivity index is 1.78. The molecule has 18 heavy (non-hydrogen) atoms. The van der Waals surface area contributed by atoms with E-state index in [9.17, 15) is 0 Å². The van der Waals surface area contributed by atoms with Crippen LogP contribution in [0.1, 0.15) is 55.6 Å². The van der Waals surface area contributed by atoms with Gasteiger partial charge in [0.15, 0.2) is 0 Å². The van der Waals surface area contributed by atoms with E-state index in [1.165, 1.54) is 44.9 Å². The number of hydrogen-bond acceptors (Lipinski definition) is 1. The molecular weight excluding hydrogens is 218 g/mol. The molecule has 2 aliphatic rings. The summed E-state index contributed by atoms with van der Waals surface area (Å²) in [5, 5.41) is 0. The van der Waals surface area contributed by atoms with E-state index in [-0.39, 0.29) is 0 Å². The highest BCUT2D eigenvalue weighted by atomic mass is 14.6. The van der Waals surface area contributed by atoms with Gasteiger partial charge in [-0.2, -0.15) is 0 Å². The fourth-order valence-corrected chi connectivity index (χ4v) is 3.59. The van der Waals surface area contributed by atoms with E-state index in [2.05, 4.69) is 30.3 Å². The van der Waals surface area contributed by atoms with Crippen molar-refractivity contribution in [2.75, 3.05) is 0 Å². The van der Waals surface area contributed by atoms with Crippen molar-refractivity contribution in [2.45, 2.75) is 56.9 Å². The molecule has 0 amide bonds. The maximum atomic E-state index is 6.05. The Kier molecular flexibility index (Phi) is 3.51. The molecule has 0 saturated heterocycles. The van der Waals surface area contributed by atoms with Crippen LogP contribution in [-0.2, 0) is 6.42 Å². The summed E-state index contributed by atoms with van der Waals surface area (Å²) >= 11 is 0. The summed E-state index contributed by atoms with van der Waals surface area (Å²) in [5.41, 5.74) is 10.8. The van der Waals surface area contributed by atoms with Gasteiger partial charge >= 0.3 is 0 Å². The zero-order valence-corrected chi connectivity index (χ0v) is 11.1. The van der Waals surface area contributed by atoms with Crippen LogP contribution in [0, 0.1) is 0 Å². The highest BCUT2D eigenvalue weighted by Gasteiger charge is 2.21. The number of hydrogen-bond donors (Lipinski definition) is 1. The number of benzene rings is 1. The third-order valence-corrected chi connectivity index (χ3v) is 4.49. The standard InChI is InChI=1S/C17H23N/c18-16-9-3-5-13(12-16)11-15-8-4-7-14-6-1-2-10-17(14)15/h1-2,6,10,12,15-16H,3-5,7-9,11,18H2. The first-order chi connectivity index (χ1) is 8.83. The van der Waals surface area contributed by atoms with Crippen LogP contribution in [0.15, 0.2) is 35.9 Å². The summed E-state index contributed by atoms with van der Waals surface area (Å²) in [6.45, 7) is 0. The van der Waals surface area contributed by atoms with Gasteiger partial charge in [-0.25, -0.2) is 0 Å². The topological polar surface area (TPSA) is 26.0 Å². The van der Waals surface area contributed by atoms with E-state index in [4.69, 9.17) is 5.73 Å². The zero-order chi connectivity index (χ0) is 12.4. The number of nitrogens with two attached hydrogens (primary N) is 1. The Bertz CT molecular complexity index is 447. The van der Waals surface area contributed by atoms with Gasteiger partial charge in [0.05, 0.1) is 0 Å². The van der Waals surface area contributed by atoms with Crippen molar-refractivity contribution in [2.24, 2.45) is 5.73 Å². The molecule has 96 valence electrons. The lowest BCUT2D eigenvalue weighted by atomic mass is 9.78. The molecule has 2 atom stereocenters. The van der Waals surface area contributed by atoms with Crippen LogP contribution in [0.4, 0.5) is 0 Å². The molecule has 2 unspecified atom stereocenters. The van der Waals surface area contributed by atoms with E-state index < -0.39 is 0 Å². The predicted molar refractivity (Wildman–Crippen MR) is 76.6 cm³/mol. The number of allylic oxidation sites excluding steroid dienone is 1. The summed E-state index contributed by atoms with van der Waals surface area (Å²) in [4.78, 5) is 0. The third kappa shape index (κ3) is 2.51. The summed E-state index contributed by atoms with van der Waals surface area (Å²) in [5.74, 6) is 0.742. The number of aryl methyl sites for hydroxylation is 1. The monoisotopic (exact) mass is 241 g/mol. The molecule has 1 aromatic carbocycles. The first-order valence-corrected chi connectivity index (χ1v) is 7.36. The zero-order valence-electron chi connectivity index (χ0n) is 11.1. The van der Waals surface area contributed by atoms with Gasteiger partial charge in [0.2, 0.25) is 0 Å². The molecule has 0 radical (unpaired) electrons. The number of rotatable bonds is 2. The van der Waals surface area contributed by atoms with Gasteiger partial charge in [0, 0.05) is 6.04 Å². The van der Waals surface area contributed by atoms with Crippen molar-refractivity contribution in [1.82, 2.24) is 0 Å². The molecule has 2 N–H and O–H groups in total. The van der Waals surface area contributed by atoms with Crippen LogP contribution in [0.3, 0.4) is 0 Å². The maximum Gasteiger partial charge on any atom is 0.0226 e. The average molecular weight is 241 g/mol. The molecule has 1 heteroatoms. The van der Waals surface area contributed by atoms with E-state index >= 15 is 0 Å². The molecule has 0 aliphatic heterocycles. The molecule has 0 spiro atoms. The lowest BCUT2D eigenvalue weighted by molar-refractivity contribution is 0.522. The first-order valence-electron chi connectivity index (χ1n) is 7.36. The minimum atomic E-state index is 0.313. The van der Waals surface area contributed by atoms with E-state index in [1.807, 2.05) is 0 Å². The third-order valence-electron chi connectivity index (χ3n) is 4.49. The van der Waals surface area contributed by atoms with Crippen molar-refractivity contribution < 1.29 is 0 Å². The van der Waals surface area contributed by atoms with Gasteiger partial charge in [0.25, 0.3) is 0 Å². The second kappa shape index (κ2) is 5.27. The van der Waals surface area contributed by atoms with Gasteiger partial charge in [0.1, 0.15) is 0 Å². The maximum absolute atomic E-state index is 6.05. The van der Waals surface area contributed by atoms with Crippen LogP contribution in [0.25, 0.3) is 0 Å². The van der Waals surface area contributed by atoms with Crippen LogP contribution in [0.5, 0.6) is 0 Å². The van der Waals surface area contributed by atoms with Gasteiger partial charge in [-0.3, -0.25) is 0 Å². The largest absolute Gasteiger partial charge is 0.324 e. The minimum Gasteiger partial charge on any atom is -0.324 e. The molecule has 1 aromatic rings. The second-order valence-electron chi connectivity index (χ2n) is 5.87. The Labute approximate surface area is 110 Å². The molecule has 2 aliphatic carbocycles. The molecular formula is C17H23N. The summed E-state index contributed by atoms with van der Waals surface area (Å²) in [6, 6.07) is 9.33.